The molecule has 2 aromatic heterocycles. The first-order valence-corrected chi connectivity index (χ1v) is 4.90. The number of carboxylic acid groups (broad SMARTS) is 1. The quantitative estimate of drug-likeness (QED) is 0.825. The maximum atomic E-state index is 10.3. The van der Waals surface area contributed by atoms with Gasteiger partial charge in [0.25, 0.3) is 0 Å². The van der Waals surface area contributed by atoms with E-state index in [1.165, 1.54) is 0 Å². The van der Waals surface area contributed by atoms with E-state index in [1.54, 1.807) is 10.7 Å². The van der Waals surface area contributed by atoms with Gasteiger partial charge in [-0.2, -0.15) is 5.10 Å². The third-order valence-electron chi connectivity index (χ3n) is 2.31. The maximum Gasteiger partial charge on any atom is 0.303 e. The van der Waals surface area contributed by atoms with Gasteiger partial charge in [0, 0.05) is 18.8 Å². The van der Waals surface area contributed by atoms with E-state index >= 15 is 0 Å². The van der Waals surface area contributed by atoms with Crippen LogP contribution >= 0.6 is 0 Å². The predicted molar refractivity (Wildman–Crippen MR) is 55.8 cm³/mol. The van der Waals surface area contributed by atoms with Crippen LogP contribution in [0, 0.1) is 0 Å². The van der Waals surface area contributed by atoms with Crippen LogP contribution in [0.25, 0.3) is 5.52 Å². The Morgan fingerprint density at radius 1 is 1.40 bits per heavy atom. The second kappa shape index (κ2) is 4.13. The Morgan fingerprint density at radius 2 is 2.27 bits per heavy atom. The molecule has 0 bridgehead atoms. The van der Waals surface area contributed by atoms with Crippen molar-refractivity contribution < 1.29 is 9.90 Å². The van der Waals surface area contributed by atoms with Crippen LogP contribution < -0.4 is 0 Å². The Labute approximate surface area is 87.2 Å². The van der Waals surface area contributed by atoms with Gasteiger partial charge in [-0.25, -0.2) is 4.52 Å². The van der Waals surface area contributed by atoms with Gasteiger partial charge < -0.3 is 5.11 Å². The molecule has 2 heterocycles. The molecule has 0 aliphatic rings. The van der Waals surface area contributed by atoms with Crippen molar-refractivity contribution in [1.82, 2.24) is 9.61 Å². The lowest BCUT2D eigenvalue weighted by molar-refractivity contribution is -0.137. The van der Waals surface area contributed by atoms with Gasteiger partial charge in [0.1, 0.15) is 0 Å². The van der Waals surface area contributed by atoms with Crippen LogP contribution in [0.15, 0.2) is 30.6 Å². The van der Waals surface area contributed by atoms with Gasteiger partial charge >= 0.3 is 5.97 Å². The van der Waals surface area contributed by atoms with Gasteiger partial charge in [-0.05, 0) is 30.5 Å². The summed E-state index contributed by atoms with van der Waals surface area (Å²) in [5, 5.41) is 12.6. The molecule has 4 nitrogen and oxygen atoms in total. The molecule has 0 fully saturated rings. The summed E-state index contributed by atoms with van der Waals surface area (Å²) in [6.45, 7) is 0. The number of rotatable bonds is 4. The molecule has 0 aromatic carbocycles. The summed E-state index contributed by atoms with van der Waals surface area (Å²) in [6.07, 6.45) is 5.36. The molecule has 0 saturated carbocycles. The number of aryl methyl sites for hydroxylation is 1. The van der Waals surface area contributed by atoms with E-state index in [9.17, 15) is 4.79 Å². The van der Waals surface area contributed by atoms with E-state index in [0.29, 0.717) is 6.42 Å². The molecule has 0 aliphatic heterocycles. The summed E-state index contributed by atoms with van der Waals surface area (Å²) in [6, 6.07) is 5.93. The monoisotopic (exact) mass is 204 g/mol. The molecule has 0 atom stereocenters. The zero-order chi connectivity index (χ0) is 10.7. The zero-order valence-electron chi connectivity index (χ0n) is 8.26. The lowest BCUT2D eigenvalue weighted by Crippen LogP contribution is -1.97. The number of fused-ring (bicyclic) bond motifs is 1. The van der Waals surface area contributed by atoms with E-state index in [4.69, 9.17) is 5.11 Å². The molecule has 1 N–H and O–H groups in total. The highest BCUT2D eigenvalue weighted by Gasteiger charge is 1.99. The first kappa shape index (κ1) is 9.71. The molecule has 0 spiro atoms. The Balaban J connectivity index is 2.04. The van der Waals surface area contributed by atoms with Crippen LogP contribution in [-0.4, -0.2) is 20.7 Å². The fraction of sp³-hybridized carbons (Fsp3) is 0.273. The van der Waals surface area contributed by atoms with Gasteiger partial charge in [0.05, 0.1) is 5.52 Å². The number of nitrogens with zero attached hydrogens (tertiary/aromatic N) is 2. The fourth-order valence-corrected chi connectivity index (χ4v) is 1.55. The SMILES string of the molecule is O=C(O)CCCc1ccc2ccnn2c1. The van der Waals surface area contributed by atoms with E-state index in [1.807, 2.05) is 24.4 Å². The molecule has 0 saturated heterocycles. The molecule has 0 amide bonds. The van der Waals surface area contributed by atoms with Crippen molar-refractivity contribution in [2.75, 3.05) is 0 Å². The second-order valence-corrected chi connectivity index (χ2v) is 3.49. The summed E-state index contributed by atoms with van der Waals surface area (Å²) in [7, 11) is 0. The molecule has 4 heteroatoms. The van der Waals surface area contributed by atoms with Crippen LogP contribution in [-0.2, 0) is 11.2 Å². The van der Waals surface area contributed by atoms with Crippen molar-refractivity contribution in [1.29, 1.82) is 0 Å². The van der Waals surface area contributed by atoms with Crippen molar-refractivity contribution in [2.45, 2.75) is 19.3 Å². The molecule has 0 radical (unpaired) electrons. The lowest BCUT2D eigenvalue weighted by atomic mass is 10.1. The number of aromatic nitrogens is 2. The molecule has 2 aromatic rings. The molecular formula is C11H12N2O2. The van der Waals surface area contributed by atoms with Crippen LogP contribution in [0.5, 0.6) is 0 Å². The minimum Gasteiger partial charge on any atom is -0.481 e. The highest BCUT2D eigenvalue weighted by molar-refractivity contribution is 5.66. The highest BCUT2D eigenvalue weighted by Crippen LogP contribution is 2.08. The molecule has 15 heavy (non-hydrogen) atoms. The summed E-state index contributed by atoms with van der Waals surface area (Å²) in [4.78, 5) is 10.3. The van der Waals surface area contributed by atoms with Crippen molar-refractivity contribution in [2.24, 2.45) is 0 Å². The normalized spacial score (nSPS) is 10.7. The van der Waals surface area contributed by atoms with E-state index in [-0.39, 0.29) is 6.42 Å². The average molecular weight is 204 g/mol. The lowest BCUT2D eigenvalue weighted by Gasteiger charge is -2.00. The number of carboxylic acids is 1. The molecular weight excluding hydrogens is 192 g/mol. The van der Waals surface area contributed by atoms with E-state index in [2.05, 4.69) is 5.10 Å². The van der Waals surface area contributed by atoms with Crippen molar-refractivity contribution in [3.63, 3.8) is 0 Å². The van der Waals surface area contributed by atoms with Crippen molar-refractivity contribution >= 4 is 11.5 Å². The predicted octanol–water partition coefficient (Wildman–Crippen LogP) is 1.74. The summed E-state index contributed by atoms with van der Waals surface area (Å²) < 4.78 is 1.80. The molecule has 0 aliphatic carbocycles. The van der Waals surface area contributed by atoms with Crippen LogP contribution in [0.1, 0.15) is 18.4 Å². The van der Waals surface area contributed by atoms with Crippen molar-refractivity contribution in [3.8, 4) is 0 Å². The molecule has 2 rings (SSSR count). The standard InChI is InChI=1S/C11H12N2O2/c14-11(15)3-1-2-9-4-5-10-6-7-12-13(10)8-9/h4-8H,1-3H2,(H,14,15). The highest BCUT2D eigenvalue weighted by atomic mass is 16.4. The van der Waals surface area contributed by atoms with Gasteiger partial charge in [-0.1, -0.05) is 6.07 Å². The Hall–Kier alpha value is -1.84. The Morgan fingerprint density at radius 3 is 3.07 bits per heavy atom. The van der Waals surface area contributed by atoms with Gasteiger partial charge in [0.15, 0.2) is 0 Å². The van der Waals surface area contributed by atoms with Gasteiger partial charge in [0.2, 0.25) is 0 Å². The largest absolute Gasteiger partial charge is 0.481 e. The van der Waals surface area contributed by atoms with Crippen LogP contribution in [0.2, 0.25) is 0 Å². The van der Waals surface area contributed by atoms with E-state index in [0.717, 1.165) is 17.5 Å². The fourth-order valence-electron chi connectivity index (χ4n) is 1.55. The average Bonchev–Trinajstić information content (AvgIpc) is 2.64. The molecule has 0 unspecified atom stereocenters. The van der Waals surface area contributed by atoms with Crippen molar-refractivity contribution in [3.05, 3.63) is 36.2 Å². The number of hydrogen-bond donors (Lipinski definition) is 1. The van der Waals surface area contributed by atoms with Gasteiger partial charge in [-0.3, -0.25) is 4.79 Å². The van der Waals surface area contributed by atoms with E-state index < -0.39 is 5.97 Å². The minimum atomic E-state index is -0.741. The summed E-state index contributed by atoms with van der Waals surface area (Å²) >= 11 is 0. The second-order valence-electron chi connectivity index (χ2n) is 3.49. The van der Waals surface area contributed by atoms with Crippen LogP contribution in [0.3, 0.4) is 0 Å². The summed E-state index contributed by atoms with van der Waals surface area (Å²) in [5.41, 5.74) is 2.17. The number of aliphatic carboxylic acids is 1. The smallest absolute Gasteiger partial charge is 0.303 e. The van der Waals surface area contributed by atoms with Gasteiger partial charge in [-0.15, -0.1) is 0 Å². The molecule has 78 valence electrons. The third-order valence-corrected chi connectivity index (χ3v) is 2.31. The third kappa shape index (κ3) is 2.34. The Kier molecular flexibility index (Phi) is 2.67. The minimum absolute atomic E-state index is 0.219. The number of hydrogen-bond acceptors (Lipinski definition) is 2. The Bertz CT molecular complexity index is 476. The number of pyridine rings is 1. The maximum absolute atomic E-state index is 10.3. The topological polar surface area (TPSA) is 54.6 Å². The zero-order valence-corrected chi connectivity index (χ0v) is 8.26. The van der Waals surface area contributed by atoms with Crippen LogP contribution in [0.4, 0.5) is 0 Å². The first-order valence-electron chi connectivity index (χ1n) is 4.90. The first-order chi connectivity index (χ1) is 7.25. The number of carbonyl (C=O) groups is 1. The summed E-state index contributed by atoms with van der Waals surface area (Å²) in [5.74, 6) is -0.741.